The first kappa shape index (κ1) is 22.0. The Bertz CT molecular complexity index is 838. The number of unbranched alkanes of at least 4 members (excludes halogenated alkanes) is 1. The first-order valence-electron chi connectivity index (χ1n) is 10.1. The van der Waals surface area contributed by atoms with E-state index in [2.05, 4.69) is 20.8 Å². The topological polar surface area (TPSA) is 85.4 Å². The fraction of sp³-hybridized carbons (Fsp3) is 0.565. The second-order valence-corrected chi connectivity index (χ2v) is 9.04. The van der Waals surface area contributed by atoms with Gasteiger partial charge in [0, 0.05) is 22.1 Å². The van der Waals surface area contributed by atoms with Crippen LogP contribution >= 0.6 is 0 Å². The van der Waals surface area contributed by atoms with E-state index in [0.29, 0.717) is 5.92 Å². The Kier molecular flexibility index (Phi) is 6.91. The van der Waals surface area contributed by atoms with Crippen molar-refractivity contribution in [1.82, 2.24) is 4.98 Å². The molecule has 0 radical (unpaired) electrons. The molecule has 2 rings (SSSR count). The van der Waals surface area contributed by atoms with Crippen LogP contribution in [0.3, 0.4) is 0 Å². The van der Waals surface area contributed by atoms with Crippen LogP contribution in [0.15, 0.2) is 18.2 Å². The highest BCUT2D eigenvalue weighted by Crippen LogP contribution is 2.42. The Morgan fingerprint density at radius 1 is 1.29 bits per heavy atom. The average molecular weight is 387 g/mol. The zero-order valence-corrected chi connectivity index (χ0v) is 18.0. The van der Waals surface area contributed by atoms with Crippen molar-refractivity contribution in [3.05, 3.63) is 35.0 Å². The van der Waals surface area contributed by atoms with Crippen LogP contribution in [-0.2, 0) is 17.6 Å². The molecule has 1 unspecified atom stereocenters. The largest absolute Gasteiger partial charge is 0.508 e. The third-order valence-electron chi connectivity index (χ3n) is 4.86. The number of phenolic OH excluding ortho intramolecular Hbond substituents is 1. The lowest BCUT2D eigenvalue weighted by Crippen LogP contribution is -2.29. The molecule has 0 aliphatic carbocycles. The fourth-order valence-electron chi connectivity index (χ4n) is 3.65. The van der Waals surface area contributed by atoms with Crippen LogP contribution in [0.1, 0.15) is 77.3 Å². The number of benzene rings is 1. The van der Waals surface area contributed by atoms with Crippen molar-refractivity contribution in [2.45, 2.75) is 73.3 Å². The second kappa shape index (κ2) is 8.80. The predicted molar refractivity (Wildman–Crippen MR) is 113 cm³/mol. The molecule has 1 amide bonds. The molecule has 0 bridgehead atoms. The van der Waals surface area contributed by atoms with Gasteiger partial charge in [0.2, 0.25) is 0 Å². The van der Waals surface area contributed by atoms with Gasteiger partial charge in [0.15, 0.2) is 0 Å². The van der Waals surface area contributed by atoms with E-state index in [9.17, 15) is 9.90 Å². The summed E-state index contributed by atoms with van der Waals surface area (Å²) in [5.41, 5.74) is 8.94. The SMILES string of the molecule is CCCCc1c(C(OC(N)=O)C(C)(C)C)c(CC(C)C)nc2ccc(O)cc12. The molecule has 1 atom stereocenters. The van der Waals surface area contributed by atoms with Gasteiger partial charge in [-0.25, -0.2) is 4.79 Å². The van der Waals surface area contributed by atoms with Gasteiger partial charge in [-0.15, -0.1) is 0 Å². The summed E-state index contributed by atoms with van der Waals surface area (Å²) in [6.07, 6.45) is 2.35. The third kappa shape index (κ3) is 5.15. The number of aryl methyl sites for hydroxylation is 1. The Balaban J connectivity index is 2.88. The number of aromatic hydroxyl groups is 1. The van der Waals surface area contributed by atoms with Crippen LogP contribution in [0.2, 0.25) is 0 Å². The van der Waals surface area contributed by atoms with E-state index >= 15 is 0 Å². The number of nitrogens with two attached hydrogens (primary N) is 1. The maximum absolute atomic E-state index is 11.7. The number of pyridine rings is 1. The number of carbonyl (C=O) groups is 1. The van der Waals surface area contributed by atoms with Gasteiger partial charge in [-0.05, 0) is 48.9 Å². The summed E-state index contributed by atoms with van der Waals surface area (Å²) in [7, 11) is 0. The smallest absolute Gasteiger partial charge is 0.405 e. The summed E-state index contributed by atoms with van der Waals surface area (Å²) in [5.74, 6) is 0.603. The Labute approximate surface area is 168 Å². The van der Waals surface area contributed by atoms with Crippen LogP contribution in [0.25, 0.3) is 10.9 Å². The standard InChI is InChI=1S/C23H34N2O3/c1-7-8-9-16-17-13-15(26)10-11-18(17)25-19(12-14(2)3)20(16)21(23(4,5)6)28-22(24)27/h10-11,13-14,21,26H,7-9,12H2,1-6H3,(H2,24,27). The van der Waals surface area contributed by atoms with Crippen molar-refractivity contribution >= 4 is 17.0 Å². The average Bonchev–Trinajstić information content (AvgIpc) is 2.56. The minimum absolute atomic E-state index is 0.206. The third-order valence-corrected chi connectivity index (χ3v) is 4.86. The lowest BCUT2D eigenvalue weighted by Gasteiger charge is -2.33. The summed E-state index contributed by atoms with van der Waals surface area (Å²) in [5, 5.41) is 11.0. The molecule has 1 aromatic carbocycles. The van der Waals surface area contributed by atoms with Gasteiger partial charge in [0.05, 0.1) is 5.52 Å². The van der Waals surface area contributed by atoms with E-state index in [1.54, 1.807) is 12.1 Å². The molecule has 0 aliphatic rings. The van der Waals surface area contributed by atoms with Gasteiger partial charge in [-0.2, -0.15) is 0 Å². The van der Waals surface area contributed by atoms with Gasteiger partial charge < -0.3 is 15.6 Å². The van der Waals surface area contributed by atoms with Gasteiger partial charge in [-0.3, -0.25) is 4.98 Å². The van der Waals surface area contributed by atoms with E-state index in [1.165, 1.54) is 0 Å². The number of ether oxygens (including phenoxy) is 1. The molecule has 2 aromatic rings. The van der Waals surface area contributed by atoms with E-state index in [0.717, 1.165) is 53.4 Å². The minimum Gasteiger partial charge on any atom is -0.508 e. The normalized spacial score (nSPS) is 13.1. The number of hydrogen-bond donors (Lipinski definition) is 2. The maximum atomic E-state index is 11.7. The number of aromatic nitrogens is 1. The first-order valence-corrected chi connectivity index (χ1v) is 10.1. The fourth-order valence-corrected chi connectivity index (χ4v) is 3.65. The van der Waals surface area contributed by atoms with Crippen molar-refractivity contribution in [3.63, 3.8) is 0 Å². The lowest BCUT2D eigenvalue weighted by molar-refractivity contribution is 0.0346. The second-order valence-electron chi connectivity index (χ2n) is 9.04. The number of rotatable bonds is 7. The molecular formula is C23H34N2O3. The summed E-state index contributed by atoms with van der Waals surface area (Å²) in [4.78, 5) is 16.7. The minimum atomic E-state index is -0.784. The first-order chi connectivity index (χ1) is 13.0. The number of fused-ring (bicyclic) bond motifs is 1. The quantitative estimate of drug-likeness (QED) is 0.642. The zero-order chi connectivity index (χ0) is 21.1. The van der Waals surface area contributed by atoms with Crippen LogP contribution in [-0.4, -0.2) is 16.2 Å². The summed E-state index contributed by atoms with van der Waals surface area (Å²) >= 11 is 0. The molecular weight excluding hydrogens is 352 g/mol. The number of nitrogens with zero attached hydrogens (tertiary/aromatic N) is 1. The molecule has 1 aromatic heterocycles. The molecule has 28 heavy (non-hydrogen) atoms. The molecule has 3 N–H and O–H groups in total. The van der Waals surface area contributed by atoms with Crippen molar-refractivity contribution in [3.8, 4) is 5.75 Å². The monoisotopic (exact) mass is 386 g/mol. The number of amides is 1. The van der Waals surface area contributed by atoms with Gasteiger partial charge in [0.25, 0.3) is 0 Å². The highest BCUT2D eigenvalue weighted by Gasteiger charge is 2.34. The highest BCUT2D eigenvalue weighted by atomic mass is 16.6. The summed E-state index contributed by atoms with van der Waals surface area (Å²) in [6, 6.07) is 5.29. The summed E-state index contributed by atoms with van der Waals surface area (Å²) < 4.78 is 5.66. The van der Waals surface area contributed by atoms with Crippen molar-refractivity contribution in [2.24, 2.45) is 17.1 Å². The molecule has 5 nitrogen and oxygen atoms in total. The number of primary amides is 1. The number of phenols is 1. The molecule has 1 heterocycles. The highest BCUT2D eigenvalue weighted by molar-refractivity contribution is 5.85. The molecule has 0 spiro atoms. The van der Waals surface area contributed by atoms with Crippen molar-refractivity contribution < 1.29 is 14.6 Å². The Hall–Kier alpha value is -2.30. The van der Waals surface area contributed by atoms with E-state index in [4.69, 9.17) is 15.5 Å². The predicted octanol–water partition coefficient (Wildman–Crippen LogP) is 5.66. The lowest BCUT2D eigenvalue weighted by atomic mass is 9.79. The van der Waals surface area contributed by atoms with Crippen LogP contribution in [0.5, 0.6) is 5.75 Å². The van der Waals surface area contributed by atoms with Gasteiger partial charge in [0.1, 0.15) is 11.9 Å². The van der Waals surface area contributed by atoms with Crippen molar-refractivity contribution in [1.29, 1.82) is 0 Å². The van der Waals surface area contributed by atoms with Crippen LogP contribution in [0.4, 0.5) is 4.79 Å². The zero-order valence-electron chi connectivity index (χ0n) is 18.0. The molecule has 0 aliphatic heterocycles. The molecule has 0 fully saturated rings. The molecule has 0 saturated carbocycles. The number of carbonyl (C=O) groups excluding carboxylic acids is 1. The number of hydrogen-bond acceptors (Lipinski definition) is 4. The Morgan fingerprint density at radius 3 is 2.50 bits per heavy atom. The van der Waals surface area contributed by atoms with E-state index in [1.807, 2.05) is 26.8 Å². The molecule has 0 saturated heterocycles. The maximum Gasteiger partial charge on any atom is 0.405 e. The van der Waals surface area contributed by atoms with Crippen LogP contribution in [0, 0.1) is 11.3 Å². The van der Waals surface area contributed by atoms with E-state index < -0.39 is 12.2 Å². The summed E-state index contributed by atoms with van der Waals surface area (Å²) in [6.45, 7) is 12.6. The molecule has 154 valence electrons. The Morgan fingerprint density at radius 2 is 1.96 bits per heavy atom. The molecule has 5 heteroatoms. The van der Waals surface area contributed by atoms with Gasteiger partial charge in [-0.1, -0.05) is 48.0 Å². The van der Waals surface area contributed by atoms with Gasteiger partial charge >= 0.3 is 6.09 Å². The van der Waals surface area contributed by atoms with Crippen LogP contribution < -0.4 is 5.73 Å². The van der Waals surface area contributed by atoms with Crippen molar-refractivity contribution in [2.75, 3.05) is 0 Å². The van der Waals surface area contributed by atoms with E-state index in [-0.39, 0.29) is 11.2 Å².